The molecule has 0 amide bonds. The summed E-state index contributed by atoms with van der Waals surface area (Å²) in [6.07, 6.45) is -7.82. The first-order chi connectivity index (χ1) is 31.7. The van der Waals surface area contributed by atoms with Crippen molar-refractivity contribution < 1.29 is 75.6 Å². The van der Waals surface area contributed by atoms with Crippen molar-refractivity contribution in [1.82, 2.24) is 58.6 Å². The molecule has 0 saturated carbocycles. The SMILES string of the molecule is CO[C@@H]1[C@H](O)[C@@H](COP(=O)(O)O[C@@H]2[C@H](OC)[C@@H](COP(=O)(O)O[C@@H]3[C@H](OC)[C@@H](CO)O[C@H]3n3cnc4c(N)ncnc43)O[C@H]2n2cnc3c(N)ncnc32)O[C@H]1n1cnc2c(N)ncnc21. The van der Waals surface area contributed by atoms with Crippen LogP contribution in [0.5, 0.6) is 0 Å². The minimum atomic E-state index is -5.19. The number of ether oxygens (including phenoxy) is 6. The van der Waals surface area contributed by atoms with Gasteiger partial charge in [-0.25, -0.2) is 54.0 Å². The second kappa shape index (κ2) is 18.2. The number of phosphoric ester groups is 2. The lowest BCUT2D eigenvalue weighted by Crippen LogP contribution is -2.38. The molecule has 2 unspecified atom stereocenters. The number of imidazole rings is 3. The monoisotopic (exact) mass is 967 g/mol. The maximum absolute atomic E-state index is 13.9. The number of aromatic nitrogens is 12. The summed E-state index contributed by atoms with van der Waals surface area (Å²) in [6, 6.07) is 0. The molecule has 14 atom stereocenters. The predicted molar refractivity (Wildman–Crippen MR) is 218 cm³/mol. The van der Waals surface area contributed by atoms with Gasteiger partial charge in [0.05, 0.1) is 38.8 Å². The third kappa shape index (κ3) is 8.35. The van der Waals surface area contributed by atoms with Crippen LogP contribution in [-0.4, -0.2) is 175 Å². The largest absolute Gasteiger partial charge is 0.472 e. The Hall–Kier alpha value is -5.05. The van der Waals surface area contributed by atoms with E-state index in [1.165, 1.54) is 66.7 Å². The number of anilines is 3. The predicted octanol–water partition coefficient (Wildman–Crippen LogP) is -1.65. The number of nitrogens with zero attached hydrogens (tertiary/aromatic N) is 12. The molecule has 33 heteroatoms. The molecule has 3 aliphatic rings. The summed E-state index contributed by atoms with van der Waals surface area (Å²) in [4.78, 5) is 59.6. The van der Waals surface area contributed by atoms with Gasteiger partial charge in [0.25, 0.3) is 0 Å². The van der Waals surface area contributed by atoms with Crippen LogP contribution in [0.25, 0.3) is 33.5 Å². The van der Waals surface area contributed by atoms with Crippen molar-refractivity contribution in [2.45, 2.75) is 73.6 Å². The van der Waals surface area contributed by atoms with E-state index in [1.54, 1.807) is 0 Å². The average Bonchev–Trinajstić information content (AvgIpc) is 4.15. The van der Waals surface area contributed by atoms with Gasteiger partial charge < -0.3 is 65.6 Å². The zero-order chi connectivity index (χ0) is 46.7. The van der Waals surface area contributed by atoms with Crippen molar-refractivity contribution in [3.05, 3.63) is 38.0 Å². The van der Waals surface area contributed by atoms with E-state index in [9.17, 15) is 29.1 Å². The highest BCUT2D eigenvalue weighted by molar-refractivity contribution is 7.47. The van der Waals surface area contributed by atoms with Crippen molar-refractivity contribution in [3.8, 4) is 0 Å². The molecule has 3 saturated heterocycles. The molecule has 6 aromatic rings. The van der Waals surface area contributed by atoms with Gasteiger partial charge in [0.1, 0.15) is 90.5 Å². The Balaban J connectivity index is 0.938. The van der Waals surface area contributed by atoms with E-state index in [2.05, 4.69) is 44.9 Å². The molecule has 31 nitrogen and oxygen atoms in total. The third-order valence-electron chi connectivity index (χ3n) is 11.2. The van der Waals surface area contributed by atoms with Crippen LogP contribution in [0.4, 0.5) is 17.5 Å². The van der Waals surface area contributed by atoms with Crippen LogP contribution in [0.15, 0.2) is 38.0 Å². The van der Waals surface area contributed by atoms with Crippen LogP contribution in [0.3, 0.4) is 0 Å². The van der Waals surface area contributed by atoms with E-state index in [4.69, 9.17) is 63.7 Å². The lowest BCUT2D eigenvalue weighted by Gasteiger charge is -2.27. The third-order valence-corrected chi connectivity index (χ3v) is 13.1. The molecule has 6 aromatic heterocycles. The number of rotatable bonds is 17. The fourth-order valence-corrected chi connectivity index (χ4v) is 10.0. The average molecular weight is 968 g/mol. The van der Waals surface area contributed by atoms with E-state index in [0.717, 1.165) is 6.33 Å². The maximum atomic E-state index is 13.9. The summed E-state index contributed by atoms with van der Waals surface area (Å²) in [5, 5.41) is 21.3. The van der Waals surface area contributed by atoms with E-state index in [-0.39, 0.29) is 50.9 Å². The summed E-state index contributed by atoms with van der Waals surface area (Å²) in [6.45, 7) is -2.04. The van der Waals surface area contributed by atoms with Crippen LogP contribution in [0.2, 0.25) is 0 Å². The number of phosphoric acid groups is 2. The molecule has 3 aliphatic heterocycles. The van der Waals surface area contributed by atoms with Crippen LogP contribution in [0.1, 0.15) is 18.7 Å². The van der Waals surface area contributed by atoms with Gasteiger partial charge in [-0.15, -0.1) is 0 Å². The highest BCUT2D eigenvalue weighted by Crippen LogP contribution is 2.53. The molecule has 356 valence electrons. The smallest absolute Gasteiger partial charge is 0.394 e. The molecule has 0 radical (unpaired) electrons. The topological polar surface area (TPSA) is 416 Å². The Morgan fingerprint density at radius 1 is 0.561 bits per heavy atom. The Morgan fingerprint density at radius 3 is 1.33 bits per heavy atom. The van der Waals surface area contributed by atoms with E-state index < -0.39 is 109 Å². The number of fused-ring (bicyclic) bond motifs is 3. The summed E-state index contributed by atoms with van der Waals surface area (Å²) < 4.78 is 89.3. The number of aliphatic hydroxyl groups is 2. The number of methoxy groups -OCH3 is 3. The fourth-order valence-electron chi connectivity index (χ4n) is 8.15. The quantitative estimate of drug-likeness (QED) is 0.0503. The fraction of sp³-hybridized carbons (Fsp3) is 0.545. The molecule has 0 aliphatic carbocycles. The Bertz CT molecular complexity index is 2800. The number of hydrogen-bond acceptors (Lipinski definition) is 26. The van der Waals surface area contributed by atoms with Gasteiger partial charge in [-0.2, -0.15) is 0 Å². The minimum Gasteiger partial charge on any atom is -0.394 e. The molecule has 9 rings (SSSR count). The molecule has 0 aromatic carbocycles. The number of nitrogen functional groups attached to an aromatic ring is 3. The molecular weight excluding hydrogens is 924 g/mol. The number of aliphatic hydroxyl groups excluding tert-OH is 2. The molecule has 10 N–H and O–H groups in total. The van der Waals surface area contributed by atoms with Crippen molar-refractivity contribution in [2.24, 2.45) is 0 Å². The van der Waals surface area contributed by atoms with E-state index in [1.807, 2.05) is 0 Å². The van der Waals surface area contributed by atoms with Gasteiger partial charge >= 0.3 is 15.6 Å². The zero-order valence-electron chi connectivity index (χ0n) is 34.7. The van der Waals surface area contributed by atoms with Gasteiger partial charge in [0.15, 0.2) is 53.1 Å². The second-order valence-corrected chi connectivity index (χ2v) is 17.7. The molecule has 0 bridgehead atoms. The number of hydrogen-bond donors (Lipinski definition) is 7. The Labute approximate surface area is 370 Å². The lowest BCUT2D eigenvalue weighted by atomic mass is 10.1. The summed E-state index contributed by atoms with van der Waals surface area (Å²) >= 11 is 0. The first-order valence-corrected chi connectivity index (χ1v) is 22.6. The number of nitrogens with two attached hydrogens (primary N) is 3. The van der Waals surface area contributed by atoms with Crippen LogP contribution < -0.4 is 17.2 Å². The van der Waals surface area contributed by atoms with Crippen LogP contribution >= 0.6 is 15.6 Å². The van der Waals surface area contributed by atoms with Gasteiger partial charge in [-0.05, 0) is 0 Å². The molecule has 9 heterocycles. The lowest BCUT2D eigenvalue weighted by molar-refractivity contribution is -0.0661. The maximum Gasteiger partial charge on any atom is 0.472 e. The van der Waals surface area contributed by atoms with Crippen molar-refractivity contribution >= 4 is 66.6 Å². The van der Waals surface area contributed by atoms with Crippen molar-refractivity contribution in [3.63, 3.8) is 0 Å². The molecule has 0 spiro atoms. The standard InChI is InChI=1S/C33H43N15O16P2/c1-55-20-13(4-49)60-32(47-11-44-17-26(35)38-8-41-29(17)47)23(20)63-66(53,54)59-6-15-21(56-2)24(33(62-15)48-12-45-18-27(36)39-9-42-30(18)48)64-65(51,52)58-5-14-19(50)22(57-3)31(61-14)46-10-43-16-25(34)37-7-40-28(16)46/h7-15,19-24,31-33,49-50H,4-6H2,1-3H3,(H,51,52)(H,53,54)(H2,34,37,40)(H2,35,38,41)(H2,36,39,42)/t13-,14-,15-,19-,20-,21-,22-,23-,24-,31-,32-,33-/m1/s1. The van der Waals surface area contributed by atoms with Gasteiger partial charge in [0.2, 0.25) is 0 Å². The summed E-state index contributed by atoms with van der Waals surface area (Å²) in [5.41, 5.74) is 19.1. The Morgan fingerprint density at radius 2 is 0.924 bits per heavy atom. The molecule has 66 heavy (non-hydrogen) atoms. The van der Waals surface area contributed by atoms with E-state index >= 15 is 0 Å². The van der Waals surface area contributed by atoms with Crippen molar-refractivity contribution in [2.75, 3.05) is 58.4 Å². The van der Waals surface area contributed by atoms with Crippen LogP contribution in [0, 0.1) is 0 Å². The highest BCUT2D eigenvalue weighted by Gasteiger charge is 2.54. The highest BCUT2D eigenvalue weighted by atomic mass is 31.2. The minimum absolute atomic E-state index is 0.000851. The Kier molecular flexibility index (Phi) is 12.7. The van der Waals surface area contributed by atoms with Crippen molar-refractivity contribution in [1.29, 1.82) is 0 Å². The van der Waals surface area contributed by atoms with Gasteiger partial charge in [-0.3, -0.25) is 31.8 Å². The van der Waals surface area contributed by atoms with Crippen LogP contribution in [-0.2, 0) is 55.6 Å². The van der Waals surface area contributed by atoms with Gasteiger partial charge in [-0.1, -0.05) is 0 Å². The first-order valence-electron chi connectivity index (χ1n) is 19.6. The summed E-state index contributed by atoms with van der Waals surface area (Å²) in [7, 11) is -6.49. The van der Waals surface area contributed by atoms with Gasteiger partial charge in [0, 0.05) is 21.3 Å². The second-order valence-electron chi connectivity index (χ2n) is 14.9. The summed E-state index contributed by atoms with van der Waals surface area (Å²) in [5.74, 6) is 0.160. The van der Waals surface area contributed by atoms with E-state index in [0.29, 0.717) is 0 Å². The normalized spacial score (nSPS) is 31.0. The zero-order valence-corrected chi connectivity index (χ0v) is 36.5. The molecule has 3 fully saturated rings. The molecular formula is C33H43N15O16P2. The first kappa shape index (κ1) is 46.1.